The minimum atomic E-state index is 0.475. The second kappa shape index (κ2) is 5.07. The zero-order valence-corrected chi connectivity index (χ0v) is 12.2. The van der Waals surface area contributed by atoms with Crippen LogP contribution >= 0.6 is 23.2 Å². The number of anilines is 1. The summed E-state index contributed by atoms with van der Waals surface area (Å²) in [5.41, 5.74) is 5.09. The van der Waals surface area contributed by atoms with Crippen molar-refractivity contribution in [1.29, 1.82) is 0 Å². The maximum absolute atomic E-state index is 6.15. The maximum Gasteiger partial charge on any atom is 0.0412 e. The van der Waals surface area contributed by atoms with E-state index in [1.54, 1.807) is 0 Å². The fourth-order valence-corrected chi connectivity index (χ4v) is 3.18. The first-order valence-corrected chi connectivity index (χ1v) is 7.17. The van der Waals surface area contributed by atoms with Crippen LogP contribution in [0.5, 0.6) is 0 Å². The molecule has 19 heavy (non-hydrogen) atoms. The van der Waals surface area contributed by atoms with Gasteiger partial charge in [-0.25, -0.2) is 0 Å². The molecule has 0 amide bonds. The van der Waals surface area contributed by atoms with Crippen molar-refractivity contribution in [1.82, 2.24) is 0 Å². The van der Waals surface area contributed by atoms with Crippen molar-refractivity contribution in [3.63, 3.8) is 0 Å². The highest BCUT2D eigenvalue weighted by Gasteiger charge is 2.21. The Morgan fingerprint density at radius 3 is 2.53 bits per heavy atom. The van der Waals surface area contributed by atoms with E-state index in [9.17, 15) is 0 Å². The van der Waals surface area contributed by atoms with Crippen molar-refractivity contribution >= 4 is 28.9 Å². The van der Waals surface area contributed by atoms with Crippen molar-refractivity contribution in [2.24, 2.45) is 0 Å². The van der Waals surface area contributed by atoms with Crippen LogP contribution in [-0.2, 0) is 6.42 Å². The number of hydrogen-bond donors (Lipinski definition) is 1. The van der Waals surface area contributed by atoms with Gasteiger partial charge in [0.25, 0.3) is 0 Å². The fourth-order valence-electron chi connectivity index (χ4n) is 2.76. The van der Waals surface area contributed by atoms with Gasteiger partial charge in [-0.05, 0) is 54.3 Å². The summed E-state index contributed by atoms with van der Waals surface area (Å²) >= 11 is 12.1. The van der Waals surface area contributed by atoms with Crippen LogP contribution in [0, 0.1) is 6.92 Å². The van der Waals surface area contributed by atoms with Gasteiger partial charge in [0.1, 0.15) is 0 Å². The first-order chi connectivity index (χ1) is 9.13. The SMILES string of the molecule is Cc1cc(Cl)cc2c1NCC(c1ccc(Cl)cc1)C2. The predicted molar refractivity (Wildman–Crippen MR) is 82.6 cm³/mol. The molecule has 1 atom stereocenters. The van der Waals surface area contributed by atoms with Gasteiger partial charge in [0.2, 0.25) is 0 Å². The van der Waals surface area contributed by atoms with Gasteiger partial charge in [-0.3, -0.25) is 0 Å². The number of rotatable bonds is 1. The van der Waals surface area contributed by atoms with Crippen LogP contribution in [0.4, 0.5) is 5.69 Å². The van der Waals surface area contributed by atoms with E-state index in [2.05, 4.69) is 30.4 Å². The van der Waals surface area contributed by atoms with Gasteiger partial charge in [-0.15, -0.1) is 0 Å². The Morgan fingerprint density at radius 2 is 1.79 bits per heavy atom. The molecule has 0 bridgehead atoms. The Bertz CT molecular complexity index is 605. The van der Waals surface area contributed by atoms with Crippen molar-refractivity contribution in [2.75, 3.05) is 11.9 Å². The average Bonchev–Trinajstić information content (AvgIpc) is 2.38. The number of aryl methyl sites for hydroxylation is 1. The lowest BCUT2D eigenvalue weighted by Crippen LogP contribution is -2.22. The zero-order valence-electron chi connectivity index (χ0n) is 10.7. The quantitative estimate of drug-likeness (QED) is 0.775. The maximum atomic E-state index is 6.15. The summed E-state index contributed by atoms with van der Waals surface area (Å²) in [4.78, 5) is 0. The molecule has 1 unspecified atom stereocenters. The Kier molecular flexibility index (Phi) is 3.42. The van der Waals surface area contributed by atoms with Crippen molar-refractivity contribution in [3.05, 3.63) is 63.1 Å². The van der Waals surface area contributed by atoms with Gasteiger partial charge in [-0.1, -0.05) is 35.3 Å². The molecule has 0 aliphatic carbocycles. The fraction of sp³-hybridized carbons (Fsp3) is 0.250. The minimum Gasteiger partial charge on any atom is -0.384 e. The molecule has 0 saturated heterocycles. The smallest absolute Gasteiger partial charge is 0.0412 e. The molecule has 1 nitrogen and oxygen atoms in total. The van der Waals surface area contributed by atoms with Crippen LogP contribution in [0.2, 0.25) is 10.0 Å². The molecule has 98 valence electrons. The third kappa shape index (κ3) is 2.58. The topological polar surface area (TPSA) is 12.0 Å². The standard InChI is InChI=1S/C16H15Cl2N/c1-10-6-15(18)8-12-7-13(9-19-16(10)12)11-2-4-14(17)5-3-11/h2-6,8,13,19H,7,9H2,1H3. The molecule has 0 aromatic heterocycles. The van der Waals surface area contributed by atoms with Crippen molar-refractivity contribution < 1.29 is 0 Å². The van der Waals surface area contributed by atoms with Gasteiger partial charge in [0, 0.05) is 28.2 Å². The molecule has 1 N–H and O–H groups in total. The summed E-state index contributed by atoms with van der Waals surface area (Å²) in [5, 5.41) is 5.13. The number of fused-ring (bicyclic) bond motifs is 1. The third-order valence-corrected chi connectivity index (χ3v) is 4.19. The molecule has 2 aromatic rings. The van der Waals surface area contributed by atoms with Crippen LogP contribution in [0.15, 0.2) is 36.4 Å². The summed E-state index contributed by atoms with van der Waals surface area (Å²) in [5.74, 6) is 0.475. The van der Waals surface area contributed by atoms with Crippen molar-refractivity contribution in [2.45, 2.75) is 19.3 Å². The lowest BCUT2D eigenvalue weighted by atomic mass is 9.87. The summed E-state index contributed by atoms with van der Waals surface area (Å²) in [6.07, 6.45) is 1.02. The van der Waals surface area contributed by atoms with Crippen LogP contribution in [0.1, 0.15) is 22.6 Å². The number of hydrogen-bond acceptors (Lipinski definition) is 1. The van der Waals surface area contributed by atoms with Gasteiger partial charge >= 0.3 is 0 Å². The molecular formula is C16H15Cl2N. The van der Waals surface area contributed by atoms with Crippen molar-refractivity contribution in [3.8, 4) is 0 Å². The molecule has 0 radical (unpaired) electrons. The minimum absolute atomic E-state index is 0.475. The van der Waals surface area contributed by atoms with Gasteiger partial charge in [0.15, 0.2) is 0 Å². The molecule has 1 aliphatic rings. The van der Waals surface area contributed by atoms with E-state index in [1.807, 2.05) is 18.2 Å². The van der Waals surface area contributed by atoms with Gasteiger partial charge in [0.05, 0.1) is 0 Å². The first-order valence-electron chi connectivity index (χ1n) is 6.42. The summed E-state index contributed by atoms with van der Waals surface area (Å²) in [6, 6.07) is 12.2. The average molecular weight is 292 g/mol. The van der Waals surface area contributed by atoms with Crippen LogP contribution < -0.4 is 5.32 Å². The third-order valence-electron chi connectivity index (χ3n) is 3.71. The molecule has 1 heterocycles. The van der Waals surface area contributed by atoms with E-state index >= 15 is 0 Å². The monoisotopic (exact) mass is 291 g/mol. The highest BCUT2D eigenvalue weighted by Crippen LogP contribution is 2.34. The lowest BCUT2D eigenvalue weighted by Gasteiger charge is -2.28. The number of benzene rings is 2. The molecule has 3 rings (SSSR count). The van der Waals surface area contributed by atoms with Crippen LogP contribution in [0.25, 0.3) is 0 Å². The largest absolute Gasteiger partial charge is 0.384 e. The molecule has 1 aliphatic heterocycles. The molecule has 3 heteroatoms. The highest BCUT2D eigenvalue weighted by molar-refractivity contribution is 6.31. The van der Waals surface area contributed by atoms with Gasteiger partial charge in [-0.2, -0.15) is 0 Å². The molecule has 0 saturated carbocycles. The Morgan fingerprint density at radius 1 is 1.05 bits per heavy atom. The number of halogens is 2. The lowest BCUT2D eigenvalue weighted by molar-refractivity contribution is 0.694. The van der Waals surface area contributed by atoms with Gasteiger partial charge < -0.3 is 5.32 Å². The van der Waals surface area contributed by atoms with Crippen LogP contribution in [-0.4, -0.2) is 6.54 Å². The zero-order chi connectivity index (χ0) is 13.4. The summed E-state index contributed by atoms with van der Waals surface area (Å²) in [7, 11) is 0. The highest BCUT2D eigenvalue weighted by atomic mass is 35.5. The summed E-state index contributed by atoms with van der Waals surface area (Å²) < 4.78 is 0. The Balaban J connectivity index is 1.91. The van der Waals surface area contributed by atoms with Crippen LogP contribution in [0.3, 0.4) is 0 Å². The first kappa shape index (κ1) is 12.8. The Hall–Kier alpha value is -1.18. The molecule has 0 spiro atoms. The molecular weight excluding hydrogens is 277 g/mol. The second-order valence-corrected chi connectivity index (χ2v) is 5.96. The number of nitrogens with one attached hydrogen (secondary N) is 1. The molecule has 0 fully saturated rings. The van der Waals surface area contributed by atoms with E-state index in [0.29, 0.717) is 5.92 Å². The van der Waals surface area contributed by atoms with E-state index in [-0.39, 0.29) is 0 Å². The summed E-state index contributed by atoms with van der Waals surface area (Å²) in [6.45, 7) is 3.05. The normalized spacial score (nSPS) is 17.7. The van der Waals surface area contributed by atoms with E-state index < -0.39 is 0 Å². The molecule has 2 aromatic carbocycles. The second-order valence-electron chi connectivity index (χ2n) is 5.09. The Labute approximate surface area is 123 Å². The van der Waals surface area contributed by atoms with E-state index in [1.165, 1.54) is 22.4 Å². The predicted octanol–water partition coefficient (Wildman–Crippen LogP) is 5.05. The van der Waals surface area contributed by atoms with E-state index in [0.717, 1.165) is 23.0 Å². The van der Waals surface area contributed by atoms with E-state index in [4.69, 9.17) is 23.2 Å².